The molecule has 0 amide bonds. The number of hydrogen-bond acceptors (Lipinski definition) is 8. The number of carbonyl (C=O) groups is 4. The molecule has 0 saturated heterocycles. The summed E-state index contributed by atoms with van der Waals surface area (Å²) in [6, 6.07) is 11.7. The van der Waals surface area contributed by atoms with E-state index in [0.717, 1.165) is 0 Å². The summed E-state index contributed by atoms with van der Waals surface area (Å²) in [5.74, 6) is -5.38. The number of aliphatic carboxylic acids is 2. The molecule has 0 fully saturated rings. The Morgan fingerprint density at radius 2 is 1.27 bits per heavy atom. The lowest BCUT2D eigenvalue weighted by molar-refractivity contribution is -0.161. The average molecular weight is 460 g/mol. The predicted molar refractivity (Wildman–Crippen MR) is 113 cm³/mol. The van der Waals surface area contributed by atoms with E-state index < -0.39 is 48.4 Å². The van der Waals surface area contributed by atoms with Crippen molar-refractivity contribution < 1.29 is 48.3 Å². The molecule has 0 aromatic heterocycles. The van der Waals surface area contributed by atoms with E-state index in [2.05, 4.69) is 0 Å². The van der Waals surface area contributed by atoms with Gasteiger partial charge in [0.1, 0.15) is 24.0 Å². The number of rotatable bonds is 11. The molecule has 2 aromatic carbocycles. The average Bonchev–Trinajstić information content (AvgIpc) is 2.80. The highest BCUT2D eigenvalue weighted by molar-refractivity contribution is 5.91. The number of hydrogen-bond donors (Lipinski definition) is 2. The fraction of sp³-hybridized carbons (Fsp3) is 0.304. The molecule has 2 aromatic rings. The van der Waals surface area contributed by atoms with Gasteiger partial charge in [-0.05, 0) is 55.5 Å². The molecular weight excluding hydrogens is 436 g/mol. The molecular formula is C23H24O10. The van der Waals surface area contributed by atoms with Crippen LogP contribution in [0.2, 0.25) is 0 Å². The Labute approximate surface area is 189 Å². The van der Waals surface area contributed by atoms with Crippen molar-refractivity contribution in [2.75, 3.05) is 20.8 Å². The van der Waals surface area contributed by atoms with Gasteiger partial charge in [0.25, 0.3) is 0 Å². The van der Waals surface area contributed by atoms with E-state index in [1.807, 2.05) is 0 Å². The van der Waals surface area contributed by atoms with Crippen molar-refractivity contribution in [2.45, 2.75) is 18.9 Å². The van der Waals surface area contributed by atoms with Crippen LogP contribution in [-0.4, -0.2) is 60.5 Å². The van der Waals surface area contributed by atoms with Gasteiger partial charge in [-0.1, -0.05) is 0 Å². The van der Waals surface area contributed by atoms with Crippen molar-refractivity contribution in [1.82, 2.24) is 0 Å². The highest BCUT2D eigenvalue weighted by Gasteiger charge is 2.45. The highest BCUT2D eigenvalue weighted by atomic mass is 16.6. The lowest BCUT2D eigenvalue weighted by Gasteiger charge is -2.33. The Balaban J connectivity index is 2.28. The standard InChI is InChI=1S/C23H24O10/c1-23(18(20(26)27)12-19(24)25,33-22(29)15-6-10-17(31-3)11-7-15)13-32-21(28)14-4-8-16(30-2)9-5-14/h4-11,18H,12-13H2,1-3H3,(H,24,25)(H,26,27)/t18?,23-/m0/s1. The summed E-state index contributed by atoms with van der Waals surface area (Å²) < 4.78 is 20.7. The number of carboxylic acid groups (broad SMARTS) is 2. The molecule has 2 N–H and O–H groups in total. The molecule has 0 aliphatic rings. The topological polar surface area (TPSA) is 146 Å². The largest absolute Gasteiger partial charge is 0.497 e. The summed E-state index contributed by atoms with van der Waals surface area (Å²) in [7, 11) is 2.91. The summed E-state index contributed by atoms with van der Waals surface area (Å²) in [6.45, 7) is 0.515. The first-order valence-electron chi connectivity index (χ1n) is 9.72. The molecule has 176 valence electrons. The van der Waals surface area contributed by atoms with Gasteiger partial charge in [0.2, 0.25) is 0 Å². The van der Waals surface area contributed by atoms with E-state index in [0.29, 0.717) is 11.5 Å². The summed E-state index contributed by atoms with van der Waals surface area (Å²) in [4.78, 5) is 48.3. The van der Waals surface area contributed by atoms with E-state index >= 15 is 0 Å². The Morgan fingerprint density at radius 3 is 1.67 bits per heavy atom. The number of ether oxygens (including phenoxy) is 4. The van der Waals surface area contributed by atoms with E-state index in [1.54, 1.807) is 0 Å². The van der Waals surface area contributed by atoms with E-state index in [9.17, 15) is 29.4 Å². The Bertz CT molecular complexity index is 997. The van der Waals surface area contributed by atoms with Gasteiger partial charge < -0.3 is 29.2 Å². The smallest absolute Gasteiger partial charge is 0.338 e. The number of carboxylic acids is 2. The Kier molecular flexibility index (Phi) is 8.38. The Morgan fingerprint density at radius 1 is 0.818 bits per heavy atom. The van der Waals surface area contributed by atoms with Crippen molar-refractivity contribution >= 4 is 23.9 Å². The van der Waals surface area contributed by atoms with Crippen LogP contribution in [0.3, 0.4) is 0 Å². The Hall–Kier alpha value is -4.08. The van der Waals surface area contributed by atoms with Crippen LogP contribution in [-0.2, 0) is 19.1 Å². The number of benzene rings is 2. The number of carbonyl (C=O) groups excluding carboxylic acids is 2. The molecule has 2 atom stereocenters. The molecule has 0 saturated carbocycles. The van der Waals surface area contributed by atoms with Crippen molar-refractivity contribution in [3.63, 3.8) is 0 Å². The fourth-order valence-corrected chi connectivity index (χ4v) is 2.96. The van der Waals surface area contributed by atoms with Crippen LogP contribution >= 0.6 is 0 Å². The second-order valence-electron chi connectivity index (χ2n) is 7.22. The lowest BCUT2D eigenvalue weighted by Crippen LogP contribution is -2.48. The third kappa shape index (κ3) is 6.70. The van der Waals surface area contributed by atoms with Gasteiger partial charge in [-0.25, -0.2) is 9.59 Å². The highest BCUT2D eigenvalue weighted by Crippen LogP contribution is 2.29. The zero-order valence-electron chi connectivity index (χ0n) is 18.3. The maximum absolute atomic E-state index is 12.7. The van der Waals surface area contributed by atoms with E-state index in [-0.39, 0.29) is 11.1 Å². The second kappa shape index (κ2) is 11.0. The summed E-state index contributed by atoms with van der Waals surface area (Å²) in [5.41, 5.74) is -1.77. The first-order valence-corrected chi connectivity index (χ1v) is 9.72. The maximum Gasteiger partial charge on any atom is 0.338 e. The molecule has 10 heteroatoms. The van der Waals surface area contributed by atoms with Crippen molar-refractivity contribution in [2.24, 2.45) is 5.92 Å². The first-order chi connectivity index (χ1) is 15.6. The van der Waals surface area contributed by atoms with Crippen LogP contribution in [0.1, 0.15) is 34.1 Å². The molecule has 0 aliphatic carbocycles. The molecule has 2 rings (SSSR count). The minimum absolute atomic E-state index is 0.0722. The van der Waals surface area contributed by atoms with Crippen LogP contribution in [0.5, 0.6) is 11.5 Å². The fourth-order valence-electron chi connectivity index (χ4n) is 2.96. The molecule has 1 unspecified atom stereocenters. The van der Waals surface area contributed by atoms with Gasteiger partial charge in [0, 0.05) is 0 Å². The molecule has 0 aliphatic heterocycles. The summed E-state index contributed by atoms with van der Waals surface area (Å²) >= 11 is 0. The minimum Gasteiger partial charge on any atom is -0.497 e. The van der Waals surface area contributed by atoms with Crippen LogP contribution in [0.25, 0.3) is 0 Å². The molecule has 0 radical (unpaired) electrons. The van der Waals surface area contributed by atoms with Gasteiger partial charge in [-0.15, -0.1) is 0 Å². The quantitative estimate of drug-likeness (QED) is 0.480. The zero-order valence-corrected chi connectivity index (χ0v) is 18.3. The van der Waals surface area contributed by atoms with Gasteiger partial charge in [-0.2, -0.15) is 0 Å². The number of methoxy groups -OCH3 is 2. The van der Waals surface area contributed by atoms with Crippen LogP contribution in [0, 0.1) is 5.92 Å². The molecule has 0 bridgehead atoms. The maximum atomic E-state index is 12.7. The van der Waals surface area contributed by atoms with E-state index in [1.165, 1.54) is 69.7 Å². The third-order valence-electron chi connectivity index (χ3n) is 4.88. The van der Waals surface area contributed by atoms with Crippen molar-refractivity contribution in [1.29, 1.82) is 0 Å². The van der Waals surface area contributed by atoms with Gasteiger partial charge in [0.15, 0.2) is 5.60 Å². The van der Waals surface area contributed by atoms with Crippen molar-refractivity contribution in [3.05, 3.63) is 59.7 Å². The second-order valence-corrected chi connectivity index (χ2v) is 7.22. The normalized spacial score (nSPS) is 13.2. The summed E-state index contributed by atoms with van der Waals surface area (Å²) in [6.07, 6.45) is -0.859. The van der Waals surface area contributed by atoms with Crippen LogP contribution in [0.15, 0.2) is 48.5 Å². The van der Waals surface area contributed by atoms with Gasteiger partial charge in [0.05, 0.1) is 31.8 Å². The third-order valence-corrected chi connectivity index (χ3v) is 4.88. The van der Waals surface area contributed by atoms with Gasteiger partial charge in [-0.3, -0.25) is 9.59 Å². The monoisotopic (exact) mass is 460 g/mol. The molecule has 0 spiro atoms. The zero-order chi connectivity index (χ0) is 24.6. The summed E-state index contributed by atoms with van der Waals surface area (Å²) in [5, 5.41) is 18.8. The lowest BCUT2D eigenvalue weighted by atomic mass is 9.86. The van der Waals surface area contributed by atoms with Crippen LogP contribution < -0.4 is 9.47 Å². The SMILES string of the molecule is COc1ccc(C(=O)OC[C@](C)(OC(=O)c2ccc(OC)cc2)C(CC(=O)O)C(=O)O)cc1. The molecule has 33 heavy (non-hydrogen) atoms. The van der Waals surface area contributed by atoms with Crippen molar-refractivity contribution in [3.8, 4) is 11.5 Å². The first kappa shape index (κ1) is 25.2. The van der Waals surface area contributed by atoms with E-state index in [4.69, 9.17) is 18.9 Å². The predicted octanol–water partition coefficient (Wildman–Crippen LogP) is 2.65. The van der Waals surface area contributed by atoms with Gasteiger partial charge >= 0.3 is 23.9 Å². The molecule has 0 heterocycles. The minimum atomic E-state index is -1.98. The van der Waals surface area contributed by atoms with Crippen LogP contribution in [0.4, 0.5) is 0 Å². The molecule has 10 nitrogen and oxygen atoms in total. The number of esters is 2.